The molecule has 0 aliphatic rings. The number of carbonyl (C=O) groups is 1. The lowest BCUT2D eigenvalue weighted by Crippen LogP contribution is -2.09. The molecule has 2 rings (SSSR count). The molecule has 0 aromatic heterocycles. The number of ether oxygens (including phenoxy) is 2. The molecule has 104 valence electrons. The van der Waals surface area contributed by atoms with Gasteiger partial charge in [-0.15, -0.1) is 0 Å². The van der Waals surface area contributed by atoms with Gasteiger partial charge in [0.15, 0.2) is 0 Å². The van der Waals surface area contributed by atoms with Gasteiger partial charge in [0.1, 0.15) is 12.4 Å². The van der Waals surface area contributed by atoms with Crippen molar-refractivity contribution < 1.29 is 14.3 Å². The van der Waals surface area contributed by atoms with E-state index < -0.39 is 5.97 Å². The van der Waals surface area contributed by atoms with Crippen LogP contribution in [0.4, 0.5) is 5.69 Å². The second kappa shape index (κ2) is 6.10. The molecule has 2 aromatic carbocycles. The number of aryl methyl sites for hydroxylation is 1. The topological polar surface area (TPSA) is 61.5 Å². The molecule has 4 heteroatoms. The largest absolute Gasteiger partial charge is 0.497 e. The minimum absolute atomic E-state index is 0.205. The molecular weight excluding hydrogens is 254 g/mol. The number of nitrogen functional groups attached to an aromatic ring is 1. The highest BCUT2D eigenvalue weighted by Crippen LogP contribution is 2.18. The normalized spacial score (nSPS) is 10.1. The van der Waals surface area contributed by atoms with Crippen molar-refractivity contribution in [2.75, 3.05) is 12.8 Å². The molecule has 0 aliphatic carbocycles. The molecule has 0 saturated carbocycles. The van der Waals surface area contributed by atoms with Gasteiger partial charge in [0.25, 0.3) is 0 Å². The van der Waals surface area contributed by atoms with Crippen LogP contribution in [0.5, 0.6) is 5.75 Å². The first-order valence-corrected chi connectivity index (χ1v) is 6.27. The summed E-state index contributed by atoms with van der Waals surface area (Å²) in [5.41, 5.74) is 8.50. The van der Waals surface area contributed by atoms with E-state index in [1.165, 1.54) is 0 Å². The van der Waals surface area contributed by atoms with Crippen LogP contribution in [0.3, 0.4) is 0 Å². The molecule has 0 radical (unpaired) electrons. The van der Waals surface area contributed by atoms with Crippen LogP contribution in [-0.4, -0.2) is 13.1 Å². The Labute approximate surface area is 118 Å². The van der Waals surface area contributed by atoms with Gasteiger partial charge in [-0.3, -0.25) is 0 Å². The van der Waals surface area contributed by atoms with Crippen LogP contribution in [0, 0.1) is 6.92 Å². The molecule has 2 N–H and O–H groups in total. The molecule has 4 nitrogen and oxygen atoms in total. The van der Waals surface area contributed by atoms with Crippen molar-refractivity contribution >= 4 is 11.7 Å². The number of hydrogen-bond acceptors (Lipinski definition) is 4. The van der Waals surface area contributed by atoms with Gasteiger partial charge in [0.05, 0.1) is 12.7 Å². The summed E-state index contributed by atoms with van der Waals surface area (Å²) < 4.78 is 10.3. The molecule has 0 fully saturated rings. The summed E-state index contributed by atoms with van der Waals surface area (Å²) in [5.74, 6) is 0.352. The average molecular weight is 271 g/mol. The maximum Gasteiger partial charge on any atom is 0.340 e. The quantitative estimate of drug-likeness (QED) is 0.686. The lowest BCUT2D eigenvalue weighted by atomic mass is 10.1. The fraction of sp³-hybridized carbons (Fsp3) is 0.188. The zero-order chi connectivity index (χ0) is 14.5. The Morgan fingerprint density at radius 2 is 1.85 bits per heavy atom. The van der Waals surface area contributed by atoms with E-state index in [2.05, 4.69) is 0 Å². The fourth-order valence-corrected chi connectivity index (χ4v) is 1.81. The van der Waals surface area contributed by atoms with Crippen LogP contribution in [0.2, 0.25) is 0 Å². The standard InChI is InChI=1S/C16H17NO3/c1-11-4-3-5-14(15(11)17)16(18)20-10-12-6-8-13(19-2)9-7-12/h3-9H,10,17H2,1-2H3. The summed E-state index contributed by atoms with van der Waals surface area (Å²) in [6, 6.07) is 12.7. The molecule has 0 spiro atoms. The number of hydrogen-bond donors (Lipinski definition) is 1. The highest BCUT2D eigenvalue weighted by Gasteiger charge is 2.12. The van der Waals surface area contributed by atoms with Gasteiger partial charge in [-0.2, -0.15) is 0 Å². The van der Waals surface area contributed by atoms with Crippen molar-refractivity contribution in [2.45, 2.75) is 13.5 Å². The van der Waals surface area contributed by atoms with Crippen LogP contribution in [0.15, 0.2) is 42.5 Å². The average Bonchev–Trinajstić information content (AvgIpc) is 2.48. The van der Waals surface area contributed by atoms with E-state index >= 15 is 0 Å². The molecule has 0 saturated heterocycles. The Kier molecular flexibility index (Phi) is 4.25. The minimum Gasteiger partial charge on any atom is -0.497 e. The number of esters is 1. The predicted octanol–water partition coefficient (Wildman–Crippen LogP) is 2.94. The lowest BCUT2D eigenvalue weighted by Gasteiger charge is -2.09. The van der Waals surface area contributed by atoms with Gasteiger partial charge in [-0.1, -0.05) is 24.3 Å². The molecule has 0 aliphatic heterocycles. The van der Waals surface area contributed by atoms with Crippen molar-refractivity contribution in [3.8, 4) is 5.75 Å². The Morgan fingerprint density at radius 3 is 2.50 bits per heavy atom. The molecule has 20 heavy (non-hydrogen) atoms. The Balaban J connectivity index is 2.02. The summed E-state index contributed by atoms with van der Waals surface area (Å²) in [5, 5.41) is 0. The Morgan fingerprint density at radius 1 is 1.15 bits per heavy atom. The number of rotatable bonds is 4. The molecule has 0 amide bonds. The van der Waals surface area contributed by atoms with Crippen molar-refractivity contribution in [3.63, 3.8) is 0 Å². The van der Waals surface area contributed by atoms with Crippen LogP contribution in [-0.2, 0) is 11.3 Å². The van der Waals surface area contributed by atoms with Gasteiger partial charge < -0.3 is 15.2 Å². The van der Waals surface area contributed by atoms with E-state index in [-0.39, 0.29) is 6.61 Å². The van der Waals surface area contributed by atoms with Crippen molar-refractivity contribution in [3.05, 3.63) is 59.2 Å². The second-order valence-corrected chi connectivity index (χ2v) is 4.46. The summed E-state index contributed by atoms with van der Waals surface area (Å²) in [4.78, 5) is 12.0. The van der Waals surface area contributed by atoms with E-state index in [1.54, 1.807) is 19.2 Å². The van der Waals surface area contributed by atoms with Crippen LogP contribution in [0.1, 0.15) is 21.5 Å². The third-order valence-electron chi connectivity index (χ3n) is 3.07. The maximum atomic E-state index is 12.0. The molecule has 0 heterocycles. The lowest BCUT2D eigenvalue weighted by molar-refractivity contribution is 0.0474. The van der Waals surface area contributed by atoms with Crippen molar-refractivity contribution in [1.82, 2.24) is 0 Å². The first-order chi connectivity index (χ1) is 9.61. The van der Waals surface area contributed by atoms with Crippen LogP contribution < -0.4 is 10.5 Å². The number of methoxy groups -OCH3 is 1. The monoisotopic (exact) mass is 271 g/mol. The Hall–Kier alpha value is -2.49. The zero-order valence-electron chi connectivity index (χ0n) is 11.6. The molecule has 0 bridgehead atoms. The van der Waals surface area contributed by atoms with E-state index in [0.717, 1.165) is 16.9 Å². The summed E-state index contributed by atoms with van der Waals surface area (Å²) in [6.07, 6.45) is 0. The van der Waals surface area contributed by atoms with Gasteiger partial charge in [0.2, 0.25) is 0 Å². The number of para-hydroxylation sites is 1. The van der Waals surface area contributed by atoms with E-state index in [4.69, 9.17) is 15.2 Å². The predicted molar refractivity (Wildman–Crippen MR) is 77.7 cm³/mol. The first kappa shape index (κ1) is 13.9. The zero-order valence-corrected chi connectivity index (χ0v) is 11.6. The van der Waals surface area contributed by atoms with Gasteiger partial charge in [0, 0.05) is 5.69 Å². The SMILES string of the molecule is COc1ccc(COC(=O)c2cccc(C)c2N)cc1. The van der Waals surface area contributed by atoms with E-state index in [9.17, 15) is 4.79 Å². The minimum atomic E-state index is -0.415. The third-order valence-corrected chi connectivity index (χ3v) is 3.07. The summed E-state index contributed by atoms with van der Waals surface area (Å²) >= 11 is 0. The van der Waals surface area contributed by atoms with Crippen LogP contribution >= 0.6 is 0 Å². The first-order valence-electron chi connectivity index (χ1n) is 6.27. The smallest absolute Gasteiger partial charge is 0.340 e. The van der Waals surface area contributed by atoms with Crippen molar-refractivity contribution in [2.24, 2.45) is 0 Å². The van der Waals surface area contributed by atoms with Crippen molar-refractivity contribution in [1.29, 1.82) is 0 Å². The van der Waals surface area contributed by atoms with Crippen LogP contribution in [0.25, 0.3) is 0 Å². The number of carbonyl (C=O) groups excluding carboxylic acids is 1. The summed E-state index contributed by atoms with van der Waals surface area (Å²) in [7, 11) is 1.61. The van der Waals surface area contributed by atoms with E-state index in [0.29, 0.717) is 11.3 Å². The van der Waals surface area contributed by atoms with E-state index in [1.807, 2.05) is 37.3 Å². The van der Waals surface area contributed by atoms with Gasteiger partial charge >= 0.3 is 5.97 Å². The number of benzene rings is 2. The van der Waals surface area contributed by atoms with Gasteiger partial charge in [-0.25, -0.2) is 4.79 Å². The highest BCUT2D eigenvalue weighted by molar-refractivity contribution is 5.95. The second-order valence-electron chi connectivity index (χ2n) is 4.46. The molecular formula is C16H17NO3. The molecule has 2 aromatic rings. The molecule has 0 unspecified atom stereocenters. The van der Waals surface area contributed by atoms with Gasteiger partial charge in [-0.05, 0) is 36.2 Å². The maximum absolute atomic E-state index is 12.0. The third kappa shape index (κ3) is 3.09. The Bertz CT molecular complexity index is 606. The fourth-order valence-electron chi connectivity index (χ4n) is 1.81. The number of nitrogens with two attached hydrogens (primary N) is 1. The number of anilines is 1. The summed E-state index contributed by atoms with van der Waals surface area (Å²) in [6.45, 7) is 2.06. The highest BCUT2D eigenvalue weighted by atomic mass is 16.5. The molecule has 0 atom stereocenters.